The zero-order valence-electron chi connectivity index (χ0n) is 19.7. The molecule has 2 amide bonds. The molecule has 8 nitrogen and oxygen atoms in total. The molecule has 0 bridgehead atoms. The highest BCUT2D eigenvalue weighted by atomic mass is 32.2. The number of methoxy groups -OCH3 is 1. The molecule has 0 heterocycles. The molecule has 1 unspecified atom stereocenters. The molecule has 0 aliphatic rings. The van der Waals surface area contributed by atoms with Gasteiger partial charge in [-0.05, 0) is 37.5 Å². The van der Waals surface area contributed by atoms with Gasteiger partial charge >= 0.3 is 0 Å². The fraction of sp³-hybridized carbons (Fsp3) is 0.417. The predicted octanol–water partition coefficient (Wildman–Crippen LogP) is 2.45. The van der Waals surface area contributed by atoms with Crippen LogP contribution in [0.4, 0.5) is 5.69 Å². The Bertz CT molecular complexity index is 1030. The lowest BCUT2D eigenvalue weighted by atomic mass is 10.1. The highest BCUT2D eigenvalue weighted by Gasteiger charge is 2.26. The number of likely N-dealkylation sites (N-methyl/N-ethyl adjacent to an activating group) is 1. The van der Waals surface area contributed by atoms with Gasteiger partial charge in [0.15, 0.2) is 0 Å². The molecule has 0 aliphatic heterocycles. The lowest BCUT2D eigenvalue weighted by Crippen LogP contribution is -2.48. The Morgan fingerprint density at radius 1 is 1.03 bits per heavy atom. The number of carbonyl (C=O) groups is 2. The molecule has 0 spiro atoms. The van der Waals surface area contributed by atoms with Crippen molar-refractivity contribution >= 4 is 27.5 Å². The second-order valence-corrected chi connectivity index (χ2v) is 9.63. The summed E-state index contributed by atoms with van der Waals surface area (Å²) in [6.07, 6.45) is 2.15. The molecule has 0 saturated heterocycles. The van der Waals surface area contributed by atoms with Gasteiger partial charge in [-0.3, -0.25) is 13.9 Å². The molecule has 0 radical (unpaired) electrons. The number of nitrogens with one attached hydrogen (secondary N) is 1. The number of hydrogen-bond acceptors (Lipinski definition) is 5. The maximum Gasteiger partial charge on any atom is 0.242 e. The summed E-state index contributed by atoms with van der Waals surface area (Å²) < 4.78 is 31.4. The van der Waals surface area contributed by atoms with Crippen LogP contribution in [0.1, 0.15) is 25.3 Å². The molecular weight excluding hydrogens is 442 g/mol. The lowest BCUT2D eigenvalue weighted by molar-refractivity contribution is -0.139. The van der Waals surface area contributed by atoms with Crippen molar-refractivity contribution in [2.45, 2.75) is 32.2 Å². The van der Waals surface area contributed by atoms with Gasteiger partial charge in [0.1, 0.15) is 11.8 Å². The largest absolute Gasteiger partial charge is 0.495 e. The van der Waals surface area contributed by atoms with E-state index in [4.69, 9.17) is 4.74 Å². The van der Waals surface area contributed by atoms with E-state index in [1.807, 2.05) is 30.3 Å². The van der Waals surface area contributed by atoms with Crippen LogP contribution < -0.4 is 14.4 Å². The quantitative estimate of drug-likeness (QED) is 0.509. The van der Waals surface area contributed by atoms with Gasteiger partial charge in [-0.1, -0.05) is 42.5 Å². The van der Waals surface area contributed by atoms with Gasteiger partial charge < -0.3 is 15.0 Å². The summed E-state index contributed by atoms with van der Waals surface area (Å²) in [4.78, 5) is 26.9. The van der Waals surface area contributed by atoms with Crippen LogP contribution in [-0.2, 0) is 26.0 Å². The van der Waals surface area contributed by atoms with E-state index in [2.05, 4.69) is 5.32 Å². The molecule has 0 aromatic heterocycles. The number of rotatable bonds is 12. The first-order valence-electron chi connectivity index (χ1n) is 10.8. The van der Waals surface area contributed by atoms with Gasteiger partial charge in [-0.15, -0.1) is 0 Å². The Balaban J connectivity index is 2.11. The maximum absolute atomic E-state index is 13.1. The van der Waals surface area contributed by atoms with Crippen LogP contribution in [0.15, 0.2) is 54.6 Å². The first-order valence-corrected chi connectivity index (χ1v) is 12.7. The minimum atomic E-state index is -3.58. The number of amides is 2. The summed E-state index contributed by atoms with van der Waals surface area (Å²) in [5, 5.41) is 2.59. The van der Waals surface area contributed by atoms with E-state index < -0.39 is 16.1 Å². The molecule has 2 aromatic carbocycles. The van der Waals surface area contributed by atoms with Gasteiger partial charge in [0.2, 0.25) is 21.8 Å². The third-order valence-electron chi connectivity index (χ3n) is 5.40. The smallest absolute Gasteiger partial charge is 0.242 e. The van der Waals surface area contributed by atoms with E-state index in [0.29, 0.717) is 30.8 Å². The van der Waals surface area contributed by atoms with E-state index in [-0.39, 0.29) is 24.8 Å². The van der Waals surface area contributed by atoms with Gasteiger partial charge in [0, 0.05) is 26.6 Å². The van der Waals surface area contributed by atoms with E-state index in [1.165, 1.54) is 18.5 Å². The Morgan fingerprint density at radius 3 is 2.27 bits per heavy atom. The van der Waals surface area contributed by atoms with Crippen molar-refractivity contribution in [2.24, 2.45) is 0 Å². The Labute approximate surface area is 196 Å². The van der Waals surface area contributed by atoms with E-state index in [9.17, 15) is 18.0 Å². The van der Waals surface area contributed by atoms with E-state index in [0.717, 1.165) is 11.8 Å². The third-order valence-corrected chi connectivity index (χ3v) is 6.58. The molecule has 180 valence electrons. The van der Waals surface area contributed by atoms with Crippen LogP contribution in [-0.4, -0.2) is 64.7 Å². The number of ether oxygens (including phenoxy) is 1. The SMILES string of the molecule is CNC(=O)C(C)N(CCc1ccccc1)C(=O)CCCN(c1ccccc1OC)S(C)(=O)=O. The van der Waals surface area contributed by atoms with Crippen LogP contribution in [0.3, 0.4) is 0 Å². The van der Waals surface area contributed by atoms with Crippen LogP contribution >= 0.6 is 0 Å². The molecule has 1 atom stereocenters. The average Bonchev–Trinajstić information content (AvgIpc) is 2.81. The number of para-hydroxylation sites is 2. The minimum absolute atomic E-state index is 0.108. The van der Waals surface area contributed by atoms with Gasteiger partial charge in [0.25, 0.3) is 0 Å². The fourth-order valence-corrected chi connectivity index (χ4v) is 4.57. The Morgan fingerprint density at radius 2 is 1.67 bits per heavy atom. The highest BCUT2D eigenvalue weighted by molar-refractivity contribution is 7.92. The van der Waals surface area contributed by atoms with Gasteiger partial charge in [0.05, 0.1) is 19.1 Å². The molecular formula is C24H33N3O5S. The Kier molecular flexibility index (Phi) is 9.72. The van der Waals surface area contributed by atoms with Crippen molar-refractivity contribution in [1.29, 1.82) is 0 Å². The zero-order chi connectivity index (χ0) is 24.4. The molecule has 33 heavy (non-hydrogen) atoms. The number of carbonyl (C=O) groups excluding carboxylic acids is 2. The number of anilines is 1. The van der Waals surface area contributed by atoms with Crippen molar-refractivity contribution in [3.63, 3.8) is 0 Å². The average molecular weight is 476 g/mol. The first kappa shape index (κ1) is 26.2. The topological polar surface area (TPSA) is 96.0 Å². The van der Waals surface area contributed by atoms with E-state index >= 15 is 0 Å². The zero-order valence-corrected chi connectivity index (χ0v) is 20.5. The van der Waals surface area contributed by atoms with Crippen LogP contribution in [0.25, 0.3) is 0 Å². The van der Waals surface area contributed by atoms with Crippen LogP contribution in [0.5, 0.6) is 5.75 Å². The van der Waals surface area contributed by atoms with Crippen LogP contribution in [0.2, 0.25) is 0 Å². The minimum Gasteiger partial charge on any atom is -0.495 e. The van der Waals surface area contributed by atoms with Gasteiger partial charge in [-0.25, -0.2) is 8.42 Å². The monoisotopic (exact) mass is 475 g/mol. The van der Waals surface area contributed by atoms with Crippen molar-refractivity contribution in [1.82, 2.24) is 10.2 Å². The number of nitrogens with zero attached hydrogens (tertiary/aromatic N) is 2. The van der Waals surface area contributed by atoms with Crippen molar-refractivity contribution in [3.05, 3.63) is 60.2 Å². The van der Waals surface area contributed by atoms with Crippen molar-refractivity contribution in [2.75, 3.05) is 37.8 Å². The summed E-state index contributed by atoms with van der Waals surface area (Å²) in [5.41, 5.74) is 1.49. The normalized spacial score (nSPS) is 12.0. The first-order chi connectivity index (χ1) is 15.7. The molecule has 0 saturated carbocycles. The molecule has 1 N–H and O–H groups in total. The fourth-order valence-electron chi connectivity index (χ4n) is 3.60. The maximum atomic E-state index is 13.1. The predicted molar refractivity (Wildman–Crippen MR) is 130 cm³/mol. The lowest BCUT2D eigenvalue weighted by Gasteiger charge is -2.29. The molecule has 2 rings (SSSR count). The molecule has 9 heteroatoms. The molecule has 0 aliphatic carbocycles. The van der Waals surface area contributed by atoms with Crippen LogP contribution in [0, 0.1) is 0 Å². The van der Waals surface area contributed by atoms with Crippen molar-refractivity contribution < 1.29 is 22.7 Å². The Hall–Kier alpha value is -3.07. The highest BCUT2D eigenvalue weighted by Crippen LogP contribution is 2.29. The number of hydrogen-bond donors (Lipinski definition) is 1. The summed E-state index contributed by atoms with van der Waals surface area (Å²) in [6.45, 7) is 2.20. The summed E-state index contributed by atoms with van der Waals surface area (Å²) in [6, 6.07) is 16.0. The second kappa shape index (κ2) is 12.2. The summed E-state index contributed by atoms with van der Waals surface area (Å²) >= 11 is 0. The molecule has 0 fully saturated rings. The van der Waals surface area contributed by atoms with E-state index in [1.54, 1.807) is 36.1 Å². The standard InChI is InChI=1S/C24H33N3O5S/c1-19(24(29)25-2)26(18-16-20-11-6-5-7-12-20)23(28)15-10-17-27(33(4,30)31)21-13-8-9-14-22(21)32-3/h5-9,11-14,19H,10,15-18H2,1-4H3,(H,25,29). The summed E-state index contributed by atoms with van der Waals surface area (Å²) in [5.74, 6) is -0.00863. The number of benzene rings is 2. The molecule has 2 aromatic rings. The third kappa shape index (κ3) is 7.49. The number of sulfonamides is 1. The second-order valence-electron chi connectivity index (χ2n) is 7.72. The van der Waals surface area contributed by atoms with Crippen molar-refractivity contribution in [3.8, 4) is 5.75 Å². The van der Waals surface area contributed by atoms with Gasteiger partial charge in [-0.2, -0.15) is 0 Å². The summed E-state index contributed by atoms with van der Waals surface area (Å²) in [7, 11) is -0.567.